The summed E-state index contributed by atoms with van der Waals surface area (Å²) in [5.41, 5.74) is 2.86. The van der Waals surface area contributed by atoms with Crippen LogP contribution in [0.3, 0.4) is 0 Å². The molecule has 4 rings (SSSR count). The summed E-state index contributed by atoms with van der Waals surface area (Å²) >= 11 is 1.20. The van der Waals surface area contributed by atoms with Crippen LogP contribution in [0.5, 0.6) is 0 Å². The Labute approximate surface area is 203 Å². The summed E-state index contributed by atoms with van der Waals surface area (Å²) in [4.78, 5) is 32.5. The number of hydrogen-bond acceptors (Lipinski definition) is 8. The minimum atomic E-state index is -0.504. The molecule has 8 heteroatoms. The van der Waals surface area contributed by atoms with E-state index in [1.807, 2.05) is 65.6 Å². The highest BCUT2D eigenvalue weighted by Gasteiger charge is 2.36. The maximum absolute atomic E-state index is 13.3. The Morgan fingerprint density at radius 1 is 1.03 bits per heavy atom. The summed E-state index contributed by atoms with van der Waals surface area (Å²) in [7, 11) is 1.80. The average molecular weight is 475 g/mol. The Morgan fingerprint density at radius 3 is 2.26 bits per heavy atom. The van der Waals surface area contributed by atoms with Gasteiger partial charge < -0.3 is 9.64 Å². The van der Waals surface area contributed by atoms with Crippen molar-refractivity contribution in [3.63, 3.8) is 0 Å². The van der Waals surface area contributed by atoms with Crippen LogP contribution in [0.1, 0.15) is 45.3 Å². The van der Waals surface area contributed by atoms with Crippen LogP contribution < -0.4 is 0 Å². The van der Waals surface area contributed by atoms with Crippen molar-refractivity contribution in [3.8, 4) is 0 Å². The number of benzene rings is 2. The smallest absolute Gasteiger partial charge is 0.345 e. The lowest BCUT2D eigenvalue weighted by Crippen LogP contribution is -2.31. The number of carbonyl (C=O) groups is 2. The van der Waals surface area contributed by atoms with Gasteiger partial charge in [0.15, 0.2) is 11.6 Å². The summed E-state index contributed by atoms with van der Waals surface area (Å²) in [5.74, 6) is 0.682. The first-order chi connectivity index (χ1) is 16.4. The van der Waals surface area contributed by atoms with Crippen LogP contribution >= 0.6 is 11.3 Å². The predicted octanol–water partition coefficient (Wildman–Crippen LogP) is 4.70. The second-order valence-corrected chi connectivity index (χ2v) is 8.79. The SMILES string of the molecule is CCOC(=O)/C(=C1/N(C)N=C(c2ccccc2)N1Cc1ccccc1)c1nc(C)c(C(C)=O)s1. The van der Waals surface area contributed by atoms with Gasteiger partial charge in [-0.1, -0.05) is 60.7 Å². The first kappa shape index (κ1) is 23.4. The van der Waals surface area contributed by atoms with E-state index in [9.17, 15) is 9.59 Å². The van der Waals surface area contributed by atoms with Gasteiger partial charge in [0.2, 0.25) is 0 Å². The zero-order valence-corrected chi connectivity index (χ0v) is 20.4. The van der Waals surface area contributed by atoms with Gasteiger partial charge in [-0.2, -0.15) is 5.10 Å². The topological polar surface area (TPSA) is 75.1 Å². The monoisotopic (exact) mass is 474 g/mol. The van der Waals surface area contributed by atoms with Gasteiger partial charge in [-0.15, -0.1) is 11.3 Å². The fourth-order valence-corrected chi connectivity index (χ4v) is 4.83. The highest BCUT2D eigenvalue weighted by molar-refractivity contribution is 7.15. The molecule has 0 amide bonds. The van der Waals surface area contributed by atoms with Gasteiger partial charge >= 0.3 is 5.97 Å². The lowest BCUT2D eigenvalue weighted by atomic mass is 10.1. The highest BCUT2D eigenvalue weighted by Crippen LogP contribution is 2.35. The minimum Gasteiger partial charge on any atom is -0.462 e. The lowest BCUT2D eigenvalue weighted by molar-refractivity contribution is -0.136. The zero-order valence-electron chi connectivity index (χ0n) is 19.6. The van der Waals surface area contributed by atoms with E-state index in [2.05, 4.69) is 4.98 Å². The van der Waals surface area contributed by atoms with Crippen LogP contribution in [0.2, 0.25) is 0 Å². The van der Waals surface area contributed by atoms with Crippen molar-refractivity contribution < 1.29 is 14.3 Å². The largest absolute Gasteiger partial charge is 0.462 e. The third-order valence-corrected chi connectivity index (χ3v) is 6.59. The third kappa shape index (κ3) is 4.63. The van der Waals surface area contributed by atoms with Gasteiger partial charge in [-0.05, 0) is 19.4 Å². The number of ether oxygens (including phenoxy) is 1. The van der Waals surface area contributed by atoms with Crippen LogP contribution in [0, 0.1) is 6.92 Å². The Morgan fingerprint density at radius 2 is 1.68 bits per heavy atom. The van der Waals surface area contributed by atoms with E-state index >= 15 is 0 Å². The molecule has 0 saturated heterocycles. The summed E-state index contributed by atoms with van der Waals surface area (Å²) in [6, 6.07) is 19.8. The van der Waals surface area contributed by atoms with Crippen LogP contribution in [0.25, 0.3) is 5.57 Å². The van der Waals surface area contributed by atoms with E-state index in [4.69, 9.17) is 9.84 Å². The second kappa shape index (κ2) is 10.0. The number of aryl methyl sites for hydroxylation is 1. The number of aromatic nitrogens is 1. The van der Waals surface area contributed by atoms with E-state index < -0.39 is 5.97 Å². The molecule has 0 fully saturated rings. The third-order valence-electron chi connectivity index (χ3n) is 5.31. The highest BCUT2D eigenvalue weighted by atomic mass is 32.1. The van der Waals surface area contributed by atoms with Gasteiger partial charge in [0.1, 0.15) is 16.4 Å². The summed E-state index contributed by atoms with van der Waals surface area (Å²) in [6.45, 7) is 5.74. The number of ketones is 1. The molecular weight excluding hydrogens is 448 g/mol. The summed E-state index contributed by atoms with van der Waals surface area (Å²) in [5, 5.41) is 6.91. The van der Waals surface area contributed by atoms with Crippen molar-refractivity contribution in [1.82, 2.24) is 14.9 Å². The molecule has 1 aromatic heterocycles. The van der Waals surface area contributed by atoms with E-state index in [0.29, 0.717) is 33.8 Å². The number of esters is 1. The Bertz CT molecular complexity index is 1270. The van der Waals surface area contributed by atoms with Crippen molar-refractivity contribution in [1.29, 1.82) is 0 Å². The molecule has 1 aliphatic heterocycles. The molecule has 174 valence electrons. The van der Waals surface area contributed by atoms with E-state index in [1.54, 1.807) is 25.9 Å². The molecule has 34 heavy (non-hydrogen) atoms. The number of thiazole rings is 1. The molecule has 0 aliphatic carbocycles. The zero-order chi connectivity index (χ0) is 24.2. The van der Waals surface area contributed by atoms with E-state index in [1.165, 1.54) is 18.3 Å². The van der Waals surface area contributed by atoms with Gasteiger partial charge in [-0.3, -0.25) is 4.79 Å². The van der Waals surface area contributed by atoms with Crippen LogP contribution in [0.15, 0.2) is 71.6 Å². The molecule has 0 atom stereocenters. The molecule has 0 N–H and O–H groups in total. The molecule has 2 heterocycles. The molecule has 0 saturated carbocycles. The van der Waals surface area contributed by atoms with Gasteiger partial charge in [0.05, 0.1) is 23.7 Å². The predicted molar refractivity (Wildman–Crippen MR) is 133 cm³/mol. The first-order valence-electron chi connectivity index (χ1n) is 11.0. The first-order valence-corrected chi connectivity index (χ1v) is 11.8. The van der Waals surface area contributed by atoms with Gasteiger partial charge in [0.25, 0.3) is 0 Å². The van der Waals surface area contributed by atoms with Crippen LogP contribution in [0.4, 0.5) is 0 Å². The van der Waals surface area contributed by atoms with Crippen molar-refractivity contribution in [2.75, 3.05) is 13.7 Å². The molecule has 3 aromatic rings. The number of hydrogen-bond donors (Lipinski definition) is 0. The van der Waals surface area contributed by atoms with Gasteiger partial charge in [-0.25, -0.2) is 14.8 Å². The molecule has 7 nitrogen and oxygen atoms in total. The average Bonchev–Trinajstić information content (AvgIpc) is 3.36. The maximum Gasteiger partial charge on any atom is 0.345 e. The molecular formula is C26H26N4O3S. The summed E-state index contributed by atoms with van der Waals surface area (Å²) < 4.78 is 5.45. The number of Topliss-reactive ketones (excluding diaryl/α,β-unsaturated/α-hetero) is 1. The lowest BCUT2D eigenvalue weighted by Gasteiger charge is -2.25. The number of carbonyl (C=O) groups excluding carboxylic acids is 2. The fraction of sp³-hybridized carbons (Fsp3) is 0.231. The molecule has 2 aromatic carbocycles. The van der Waals surface area contributed by atoms with E-state index in [0.717, 1.165) is 11.1 Å². The van der Waals surface area contributed by atoms with Crippen LogP contribution in [-0.4, -0.2) is 46.1 Å². The maximum atomic E-state index is 13.3. The summed E-state index contributed by atoms with van der Waals surface area (Å²) in [6.07, 6.45) is 0. The second-order valence-electron chi connectivity index (χ2n) is 7.79. The van der Waals surface area contributed by atoms with Crippen molar-refractivity contribution in [2.24, 2.45) is 5.10 Å². The Kier molecular flexibility index (Phi) is 6.88. The van der Waals surface area contributed by atoms with E-state index in [-0.39, 0.29) is 18.0 Å². The number of rotatable bonds is 7. The molecule has 0 radical (unpaired) electrons. The number of amidine groups is 1. The Balaban J connectivity index is 1.92. The van der Waals surface area contributed by atoms with Gasteiger partial charge in [0, 0.05) is 19.5 Å². The quantitative estimate of drug-likeness (QED) is 0.281. The Hall–Kier alpha value is -3.78. The van der Waals surface area contributed by atoms with Crippen molar-refractivity contribution >= 4 is 34.5 Å². The molecule has 1 aliphatic rings. The number of hydrazone groups is 1. The van der Waals surface area contributed by atoms with Crippen LogP contribution in [-0.2, 0) is 16.1 Å². The van der Waals surface area contributed by atoms with Crippen molar-refractivity contribution in [2.45, 2.75) is 27.3 Å². The molecule has 0 unspecified atom stereocenters. The standard InChI is InChI=1S/C26H26N4O3S/c1-5-33-26(32)21(24-27-17(2)22(34-24)18(3)31)25-29(4)28-23(20-14-10-7-11-15-20)30(25)16-19-12-8-6-9-13-19/h6-15H,5,16H2,1-4H3/b25-21-. The molecule has 0 spiro atoms. The molecule has 0 bridgehead atoms. The minimum absolute atomic E-state index is 0.0865. The fourth-order valence-electron chi connectivity index (χ4n) is 3.84. The number of nitrogens with zero attached hydrogens (tertiary/aromatic N) is 4. The normalized spacial score (nSPS) is 14.8. The van der Waals surface area contributed by atoms with Crippen molar-refractivity contribution in [3.05, 3.63) is 93.2 Å².